The van der Waals surface area contributed by atoms with E-state index in [1.807, 2.05) is 76.3 Å². The molecule has 1 amide bonds. The van der Waals surface area contributed by atoms with E-state index in [9.17, 15) is 4.79 Å². The lowest BCUT2D eigenvalue weighted by atomic mass is 10.1. The molecule has 3 aromatic carbocycles. The van der Waals surface area contributed by atoms with E-state index in [1.165, 1.54) is 0 Å². The van der Waals surface area contributed by atoms with Crippen molar-refractivity contribution in [3.05, 3.63) is 90.1 Å². The van der Waals surface area contributed by atoms with Crippen molar-refractivity contribution in [3.8, 4) is 11.5 Å². The Hall–Kier alpha value is -4.30. The van der Waals surface area contributed by atoms with E-state index in [0.29, 0.717) is 49.9 Å². The summed E-state index contributed by atoms with van der Waals surface area (Å²) in [6.45, 7) is 7.42. The summed E-state index contributed by atoms with van der Waals surface area (Å²) in [5.74, 6) is 1.47. The van der Waals surface area contributed by atoms with Gasteiger partial charge in [0.1, 0.15) is 5.69 Å². The molecule has 0 bridgehead atoms. The Kier molecular flexibility index (Phi) is 5.79. The fourth-order valence-corrected chi connectivity index (χ4v) is 4.60. The Balaban J connectivity index is 1.26. The molecule has 0 spiro atoms. The minimum absolute atomic E-state index is 0.0347. The average Bonchev–Trinajstić information content (AvgIpc) is 3.53. The number of morpholine rings is 1. The van der Waals surface area contributed by atoms with E-state index in [2.05, 4.69) is 11.9 Å². The standard InChI is InChI=1S/C28H26N4O4/c1-19(29-22-9-10-25-26(16-22)36-18-35-25)27-23-7-2-3-8-24(23)32(30-27)17-20-5-4-6-21(15-20)28(33)31-11-13-34-14-12-31/h2-10,15-16,29H,1,11-14,17-18H2. The van der Waals surface area contributed by atoms with Gasteiger partial charge in [0.2, 0.25) is 6.79 Å². The topological polar surface area (TPSA) is 77.8 Å². The predicted molar refractivity (Wildman–Crippen MR) is 137 cm³/mol. The monoisotopic (exact) mass is 482 g/mol. The molecule has 8 nitrogen and oxygen atoms in total. The molecule has 8 heteroatoms. The number of para-hydroxylation sites is 1. The first-order chi connectivity index (χ1) is 17.7. The Bertz CT molecular complexity index is 1460. The lowest BCUT2D eigenvalue weighted by molar-refractivity contribution is 0.0303. The van der Waals surface area contributed by atoms with Crippen LogP contribution in [-0.2, 0) is 11.3 Å². The van der Waals surface area contributed by atoms with Crippen molar-refractivity contribution < 1.29 is 19.0 Å². The maximum Gasteiger partial charge on any atom is 0.254 e. The first kappa shape index (κ1) is 22.2. The smallest absolute Gasteiger partial charge is 0.254 e. The van der Waals surface area contributed by atoms with Gasteiger partial charge in [0, 0.05) is 35.8 Å². The quantitative estimate of drug-likeness (QED) is 0.440. The van der Waals surface area contributed by atoms with Gasteiger partial charge in [-0.15, -0.1) is 0 Å². The molecule has 0 saturated carbocycles. The predicted octanol–water partition coefficient (Wildman–Crippen LogP) is 4.37. The van der Waals surface area contributed by atoms with Crippen LogP contribution in [0.5, 0.6) is 11.5 Å². The minimum atomic E-state index is 0.0347. The minimum Gasteiger partial charge on any atom is -0.454 e. The maximum absolute atomic E-state index is 13.0. The highest BCUT2D eigenvalue weighted by molar-refractivity contribution is 5.95. The van der Waals surface area contributed by atoms with Crippen molar-refractivity contribution in [2.45, 2.75) is 6.54 Å². The van der Waals surface area contributed by atoms with Crippen LogP contribution < -0.4 is 14.8 Å². The summed E-state index contributed by atoms with van der Waals surface area (Å²) in [6, 6.07) is 21.5. The van der Waals surface area contributed by atoms with Gasteiger partial charge >= 0.3 is 0 Å². The number of fused-ring (bicyclic) bond motifs is 2. The molecule has 36 heavy (non-hydrogen) atoms. The van der Waals surface area contributed by atoms with Gasteiger partial charge in [-0.1, -0.05) is 36.9 Å². The number of carbonyl (C=O) groups excluding carboxylic acids is 1. The number of rotatable bonds is 6. The van der Waals surface area contributed by atoms with Crippen LogP contribution in [0.1, 0.15) is 21.6 Å². The zero-order valence-corrected chi connectivity index (χ0v) is 19.8. The van der Waals surface area contributed by atoms with Gasteiger partial charge in [-0.05, 0) is 35.9 Å². The van der Waals surface area contributed by atoms with Crippen molar-refractivity contribution in [2.24, 2.45) is 0 Å². The third-order valence-electron chi connectivity index (χ3n) is 6.42. The molecular weight excluding hydrogens is 456 g/mol. The number of anilines is 1. The third-order valence-corrected chi connectivity index (χ3v) is 6.42. The van der Waals surface area contributed by atoms with Crippen LogP contribution in [-0.4, -0.2) is 53.7 Å². The first-order valence-electron chi connectivity index (χ1n) is 11.9. The fraction of sp³-hybridized carbons (Fsp3) is 0.214. The van der Waals surface area contributed by atoms with Gasteiger partial charge in [-0.3, -0.25) is 9.48 Å². The second-order valence-electron chi connectivity index (χ2n) is 8.80. The molecule has 0 atom stereocenters. The molecule has 6 rings (SSSR count). The van der Waals surface area contributed by atoms with Crippen molar-refractivity contribution in [1.29, 1.82) is 0 Å². The lowest BCUT2D eigenvalue weighted by Gasteiger charge is -2.27. The van der Waals surface area contributed by atoms with E-state index < -0.39 is 0 Å². The largest absolute Gasteiger partial charge is 0.454 e. The molecule has 0 radical (unpaired) electrons. The average molecular weight is 483 g/mol. The normalized spacial score (nSPS) is 14.7. The van der Waals surface area contributed by atoms with Crippen molar-refractivity contribution in [3.63, 3.8) is 0 Å². The summed E-state index contributed by atoms with van der Waals surface area (Å²) in [5.41, 5.74) is 4.97. The number of ether oxygens (including phenoxy) is 3. The molecule has 4 aromatic rings. The molecular formula is C28H26N4O4. The number of hydrogen-bond donors (Lipinski definition) is 1. The summed E-state index contributed by atoms with van der Waals surface area (Å²) < 4.78 is 18.2. The number of aromatic nitrogens is 2. The van der Waals surface area contributed by atoms with E-state index >= 15 is 0 Å². The second-order valence-corrected chi connectivity index (χ2v) is 8.80. The van der Waals surface area contributed by atoms with Gasteiger partial charge in [0.15, 0.2) is 11.5 Å². The Labute approximate surface area is 208 Å². The first-order valence-corrected chi connectivity index (χ1v) is 11.9. The van der Waals surface area contributed by atoms with Gasteiger partial charge < -0.3 is 24.4 Å². The highest BCUT2D eigenvalue weighted by Gasteiger charge is 2.20. The number of benzene rings is 3. The van der Waals surface area contributed by atoms with Gasteiger partial charge in [0.25, 0.3) is 5.91 Å². The molecule has 2 aliphatic rings. The van der Waals surface area contributed by atoms with Crippen LogP contribution in [0.15, 0.2) is 73.3 Å². The Morgan fingerprint density at radius 3 is 2.69 bits per heavy atom. The van der Waals surface area contributed by atoms with E-state index in [0.717, 1.165) is 33.6 Å². The van der Waals surface area contributed by atoms with Crippen LogP contribution in [0.2, 0.25) is 0 Å². The summed E-state index contributed by atoms with van der Waals surface area (Å²) in [6.07, 6.45) is 0. The zero-order chi connectivity index (χ0) is 24.5. The van der Waals surface area contributed by atoms with Crippen LogP contribution in [0.25, 0.3) is 16.6 Å². The lowest BCUT2D eigenvalue weighted by Crippen LogP contribution is -2.40. The van der Waals surface area contributed by atoms with Crippen molar-refractivity contribution >= 4 is 28.2 Å². The molecule has 0 aliphatic carbocycles. The maximum atomic E-state index is 13.0. The highest BCUT2D eigenvalue weighted by Crippen LogP contribution is 2.35. The molecule has 1 saturated heterocycles. The van der Waals surface area contributed by atoms with Crippen LogP contribution >= 0.6 is 0 Å². The fourth-order valence-electron chi connectivity index (χ4n) is 4.60. The van der Waals surface area contributed by atoms with E-state index in [4.69, 9.17) is 19.3 Å². The summed E-state index contributed by atoms with van der Waals surface area (Å²) >= 11 is 0. The SMILES string of the molecule is C=C(Nc1ccc2c(c1)OCO2)c1nn(Cc2cccc(C(=O)N3CCOCC3)c2)c2ccccc12. The third kappa shape index (κ3) is 4.27. The molecule has 2 aliphatic heterocycles. The number of amides is 1. The van der Waals surface area contributed by atoms with Crippen LogP contribution in [0.4, 0.5) is 5.69 Å². The van der Waals surface area contributed by atoms with Gasteiger partial charge in [-0.25, -0.2) is 0 Å². The number of carbonyl (C=O) groups is 1. The van der Waals surface area contributed by atoms with Gasteiger partial charge in [-0.2, -0.15) is 5.10 Å². The van der Waals surface area contributed by atoms with Crippen LogP contribution in [0, 0.1) is 0 Å². The molecule has 0 unspecified atom stereocenters. The number of nitrogens with zero attached hydrogens (tertiary/aromatic N) is 3. The summed E-state index contributed by atoms with van der Waals surface area (Å²) in [5, 5.41) is 9.25. The molecule has 182 valence electrons. The van der Waals surface area contributed by atoms with E-state index in [-0.39, 0.29) is 12.7 Å². The highest BCUT2D eigenvalue weighted by atomic mass is 16.7. The Morgan fingerprint density at radius 2 is 1.81 bits per heavy atom. The van der Waals surface area contributed by atoms with Crippen molar-refractivity contribution in [1.82, 2.24) is 14.7 Å². The molecule has 3 heterocycles. The second kappa shape index (κ2) is 9.39. The van der Waals surface area contributed by atoms with E-state index in [1.54, 1.807) is 0 Å². The van der Waals surface area contributed by atoms with Crippen molar-refractivity contribution in [2.75, 3.05) is 38.4 Å². The van der Waals surface area contributed by atoms with Crippen LogP contribution in [0.3, 0.4) is 0 Å². The van der Waals surface area contributed by atoms with Gasteiger partial charge in [0.05, 0.1) is 31.0 Å². The zero-order valence-electron chi connectivity index (χ0n) is 19.8. The number of nitrogens with one attached hydrogen (secondary N) is 1. The molecule has 1 aromatic heterocycles. The summed E-state index contributed by atoms with van der Waals surface area (Å²) in [7, 11) is 0. The summed E-state index contributed by atoms with van der Waals surface area (Å²) in [4.78, 5) is 14.8. The molecule has 1 fully saturated rings. The molecule has 1 N–H and O–H groups in total. The Morgan fingerprint density at radius 1 is 0.972 bits per heavy atom. The number of hydrogen-bond acceptors (Lipinski definition) is 6.